The molecular formula is C33H37ClFN3O6S. The highest BCUT2D eigenvalue weighted by Crippen LogP contribution is 2.33. The molecule has 3 heterocycles. The SMILES string of the molecule is COC1CN([C@H]2C[C@@H](CO[C@H]3CC[C@H](C(=O)O)CC3)N(C(=O)Cc3cc(Cl)c(NC(=O)c4csc5ccccc45)cc3F)C2)C1. The maximum absolute atomic E-state index is 15.4. The molecule has 2 saturated heterocycles. The minimum absolute atomic E-state index is 0.0374. The van der Waals surface area contributed by atoms with Crippen LogP contribution in [0, 0.1) is 11.7 Å². The summed E-state index contributed by atoms with van der Waals surface area (Å²) in [5.41, 5.74) is 0.779. The fourth-order valence-corrected chi connectivity index (χ4v) is 7.86. The third-order valence-electron chi connectivity index (χ3n) is 9.44. The van der Waals surface area contributed by atoms with Crippen molar-refractivity contribution in [1.82, 2.24) is 9.80 Å². The number of rotatable bonds is 10. The Hall–Kier alpha value is -3.09. The maximum Gasteiger partial charge on any atom is 0.306 e. The monoisotopic (exact) mass is 657 g/mol. The van der Waals surface area contributed by atoms with E-state index in [9.17, 15) is 19.5 Å². The third kappa shape index (κ3) is 7.02. The number of benzene rings is 2. The largest absolute Gasteiger partial charge is 0.481 e. The van der Waals surface area contributed by atoms with Gasteiger partial charge in [-0.2, -0.15) is 0 Å². The lowest BCUT2D eigenvalue weighted by Gasteiger charge is -2.42. The van der Waals surface area contributed by atoms with Crippen LogP contribution in [0.25, 0.3) is 10.1 Å². The molecule has 45 heavy (non-hydrogen) atoms. The van der Waals surface area contributed by atoms with Crippen molar-refractivity contribution >= 4 is 56.5 Å². The number of nitrogens with zero attached hydrogens (tertiary/aromatic N) is 2. The number of carbonyl (C=O) groups is 3. The number of nitrogens with one attached hydrogen (secondary N) is 1. The Labute approximate surface area is 270 Å². The van der Waals surface area contributed by atoms with E-state index in [1.54, 1.807) is 17.4 Å². The van der Waals surface area contributed by atoms with Crippen molar-refractivity contribution < 1.29 is 33.4 Å². The van der Waals surface area contributed by atoms with Gasteiger partial charge < -0.3 is 24.8 Å². The van der Waals surface area contributed by atoms with E-state index >= 15 is 4.39 Å². The summed E-state index contributed by atoms with van der Waals surface area (Å²) in [7, 11) is 1.70. The highest BCUT2D eigenvalue weighted by Gasteiger charge is 2.42. The number of methoxy groups -OCH3 is 1. The van der Waals surface area contributed by atoms with Crippen molar-refractivity contribution in [1.29, 1.82) is 0 Å². The number of hydrogen-bond acceptors (Lipinski definition) is 7. The summed E-state index contributed by atoms with van der Waals surface area (Å²) in [6.07, 6.45) is 3.23. The van der Waals surface area contributed by atoms with Crippen LogP contribution in [-0.2, 0) is 25.5 Å². The second-order valence-electron chi connectivity index (χ2n) is 12.2. The molecule has 0 bridgehead atoms. The molecule has 2 aliphatic heterocycles. The number of likely N-dealkylation sites (tertiary alicyclic amines) is 2. The number of fused-ring (bicyclic) bond motifs is 1. The summed E-state index contributed by atoms with van der Waals surface area (Å²) in [6.45, 7) is 2.45. The molecular weight excluding hydrogens is 621 g/mol. The molecule has 2 N–H and O–H groups in total. The molecule has 6 rings (SSSR count). The van der Waals surface area contributed by atoms with Crippen molar-refractivity contribution in [3.05, 3.63) is 63.7 Å². The number of thiophene rings is 1. The van der Waals surface area contributed by atoms with Crippen LogP contribution in [0.1, 0.15) is 48.0 Å². The van der Waals surface area contributed by atoms with Crippen molar-refractivity contribution in [3.63, 3.8) is 0 Å². The predicted octanol–water partition coefficient (Wildman–Crippen LogP) is 5.45. The van der Waals surface area contributed by atoms with Crippen molar-refractivity contribution in [2.45, 2.75) is 62.8 Å². The Morgan fingerprint density at radius 2 is 1.84 bits per heavy atom. The molecule has 1 aliphatic carbocycles. The average molecular weight is 658 g/mol. The summed E-state index contributed by atoms with van der Waals surface area (Å²) in [5.74, 6) is -2.31. The first kappa shape index (κ1) is 31.9. The maximum atomic E-state index is 15.4. The molecule has 2 atom stereocenters. The van der Waals surface area contributed by atoms with Crippen molar-refractivity contribution in [2.75, 3.05) is 38.7 Å². The number of carbonyl (C=O) groups excluding carboxylic acids is 2. The topological polar surface area (TPSA) is 108 Å². The molecule has 9 nitrogen and oxygen atoms in total. The highest BCUT2D eigenvalue weighted by atomic mass is 35.5. The number of anilines is 1. The van der Waals surface area contributed by atoms with Crippen LogP contribution in [0.3, 0.4) is 0 Å². The molecule has 2 aromatic carbocycles. The molecule has 0 radical (unpaired) electrons. The Kier molecular flexibility index (Phi) is 9.72. The van der Waals surface area contributed by atoms with Gasteiger partial charge in [0.1, 0.15) is 5.82 Å². The van der Waals surface area contributed by atoms with Gasteiger partial charge in [0.05, 0.1) is 53.5 Å². The first-order chi connectivity index (χ1) is 21.7. The Morgan fingerprint density at radius 3 is 2.58 bits per heavy atom. The van der Waals surface area contributed by atoms with Crippen molar-refractivity contribution in [3.8, 4) is 0 Å². The number of carboxylic acid groups (broad SMARTS) is 1. The zero-order chi connectivity index (χ0) is 31.7. The van der Waals surface area contributed by atoms with E-state index in [0.717, 1.165) is 29.6 Å². The number of amides is 2. The van der Waals surface area contributed by atoms with E-state index in [1.165, 1.54) is 23.5 Å². The lowest BCUT2D eigenvalue weighted by Crippen LogP contribution is -2.56. The van der Waals surface area contributed by atoms with Gasteiger partial charge in [-0.3, -0.25) is 19.3 Å². The molecule has 12 heteroatoms. The van der Waals surface area contributed by atoms with E-state index in [4.69, 9.17) is 21.1 Å². The zero-order valence-electron chi connectivity index (χ0n) is 25.0. The minimum Gasteiger partial charge on any atom is -0.481 e. The third-order valence-corrected chi connectivity index (χ3v) is 10.7. The Bertz CT molecular complexity index is 1570. The molecule has 0 spiro atoms. The lowest BCUT2D eigenvalue weighted by atomic mass is 9.87. The summed E-state index contributed by atoms with van der Waals surface area (Å²) in [5, 5.41) is 14.7. The predicted molar refractivity (Wildman–Crippen MR) is 171 cm³/mol. The molecule has 240 valence electrons. The number of halogens is 2. The molecule has 1 aromatic heterocycles. The molecule has 0 unspecified atom stereocenters. The molecule has 3 fully saturated rings. The smallest absolute Gasteiger partial charge is 0.306 e. The summed E-state index contributed by atoms with van der Waals surface area (Å²) in [4.78, 5) is 42.1. The van der Waals surface area contributed by atoms with Gasteiger partial charge >= 0.3 is 5.97 Å². The highest BCUT2D eigenvalue weighted by molar-refractivity contribution is 7.17. The molecule has 2 amide bonds. The van der Waals surface area contributed by atoms with Crippen LogP contribution < -0.4 is 5.32 Å². The Morgan fingerprint density at radius 1 is 1.09 bits per heavy atom. The van der Waals surface area contributed by atoms with E-state index < -0.39 is 11.8 Å². The van der Waals surface area contributed by atoms with E-state index in [0.29, 0.717) is 44.4 Å². The van der Waals surface area contributed by atoms with Gasteiger partial charge in [-0.05, 0) is 55.9 Å². The van der Waals surface area contributed by atoms with E-state index in [-0.39, 0.29) is 64.7 Å². The standard InChI is InChI=1S/C33H37ClFN3O6S/c1-43-24-15-37(16-24)21-12-22(17-44-23-8-6-19(7-9-23)33(41)42)38(14-21)31(39)11-20-10-27(34)29(13-28(20)35)36-32(40)26-18-45-30-5-3-2-4-25(26)30/h2-5,10,13,18-19,21-24H,6-9,11-12,14-17H2,1H3,(H,36,40)(H,41,42)/t19-,21-,22-,23-/m0/s1. The van der Waals surface area contributed by atoms with Gasteiger partial charge in [-0.25, -0.2) is 4.39 Å². The fraction of sp³-hybridized carbons (Fsp3) is 0.485. The second kappa shape index (κ2) is 13.7. The van der Waals surface area contributed by atoms with Gasteiger partial charge in [0, 0.05) is 48.3 Å². The van der Waals surface area contributed by atoms with Gasteiger partial charge in [-0.15, -0.1) is 11.3 Å². The lowest BCUT2D eigenvalue weighted by molar-refractivity contribution is -0.144. The van der Waals surface area contributed by atoms with Crippen molar-refractivity contribution in [2.24, 2.45) is 5.92 Å². The summed E-state index contributed by atoms with van der Waals surface area (Å²) < 4.78 is 28.0. The minimum atomic E-state index is -0.758. The van der Waals surface area contributed by atoms with Crippen LogP contribution in [-0.4, -0.2) is 90.3 Å². The molecule has 3 aromatic rings. The normalized spacial score (nSPS) is 24.1. The quantitative estimate of drug-likeness (QED) is 0.299. The Balaban J connectivity index is 1.11. The number of aliphatic carboxylic acids is 1. The van der Waals surface area contributed by atoms with Gasteiger partial charge in [0.2, 0.25) is 5.91 Å². The van der Waals surface area contributed by atoms with E-state index in [2.05, 4.69) is 10.2 Å². The van der Waals surface area contributed by atoms with E-state index in [1.807, 2.05) is 24.3 Å². The first-order valence-corrected chi connectivity index (χ1v) is 16.6. The first-order valence-electron chi connectivity index (χ1n) is 15.4. The molecule has 3 aliphatic rings. The van der Waals surface area contributed by atoms with Gasteiger partial charge in [0.25, 0.3) is 5.91 Å². The van der Waals surface area contributed by atoms with Crippen LogP contribution in [0.2, 0.25) is 5.02 Å². The van der Waals surface area contributed by atoms with Crippen LogP contribution in [0.5, 0.6) is 0 Å². The average Bonchev–Trinajstić information content (AvgIpc) is 3.63. The van der Waals surface area contributed by atoms with Crippen LogP contribution in [0.15, 0.2) is 41.8 Å². The number of hydrogen-bond donors (Lipinski definition) is 2. The van der Waals surface area contributed by atoms with Crippen LogP contribution in [0.4, 0.5) is 10.1 Å². The molecule has 1 saturated carbocycles. The fourth-order valence-electron chi connectivity index (χ4n) is 6.69. The second-order valence-corrected chi connectivity index (χ2v) is 13.6. The number of carboxylic acids is 1. The van der Waals surface area contributed by atoms with Crippen LogP contribution >= 0.6 is 22.9 Å². The van der Waals surface area contributed by atoms with Gasteiger partial charge in [0.15, 0.2) is 0 Å². The summed E-state index contributed by atoms with van der Waals surface area (Å²) in [6, 6.07) is 10.1. The van der Waals surface area contributed by atoms with Gasteiger partial charge in [-0.1, -0.05) is 29.8 Å². The number of ether oxygens (including phenoxy) is 2. The summed E-state index contributed by atoms with van der Waals surface area (Å²) >= 11 is 7.95. The zero-order valence-corrected chi connectivity index (χ0v) is 26.6.